The first-order valence-corrected chi connectivity index (χ1v) is 3.99. The number of guanidine groups is 1. The fourth-order valence-electron chi connectivity index (χ4n) is 0.824. The van der Waals surface area contributed by atoms with Crippen LogP contribution in [0.1, 0.15) is 5.56 Å². The minimum absolute atomic E-state index is 0.158. The zero-order valence-electron chi connectivity index (χ0n) is 7.73. The minimum Gasteiger partial charge on any atom is -0.504 e. The molecule has 0 unspecified atom stereocenters. The van der Waals surface area contributed by atoms with Crippen molar-refractivity contribution < 1.29 is 10.2 Å². The maximum absolute atomic E-state index is 9.15. The topological polar surface area (TPSA) is 127 Å². The summed E-state index contributed by atoms with van der Waals surface area (Å²) in [6, 6.07) is 4.23. The number of hydrogen-bond acceptors (Lipinski definition) is 5. The second-order valence-electron chi connectivity index (χ2n) is 2.64. The summed E-state index contributed by atoms with van der Waals surface area (Å²) in [5.74, 6) is 4.33. The van der Waals surface area contributed by atoms with Crippen molar-refractivity contribution in [3.8, 4) is 11.5 Å². The molecule has 0 heterocycles. The van der Waals surface area contributed by atoms with E-state index in [4.69, 9.17) is 21.5 Å². The Kier molecular flexibility index (Phi) is 3.47. The van der Waals surface area contributed by atoms with Gasteiger partial charge in [0.15, 0.2) is 11.5 Å². The fraction of sp³-hybridized carbons (Fsp3) is 0. The fourth-order valence-corrected chi connectivity index (χ4v) is 0.824. The number of hydrogen-bond donors (Lipinski definition) is 6. The second kappa shape index (κ2) is 4.82. The van der Waals surface area contributed by atoms with E-state index in [0.717, 1.165) is 0 Å². The zero-order chi connectivity index (χ0) is 11.3. The van der Waals surface area contributed by atoms with Crippen LogP contribution < -0.4 is 16.7 Å². The normalized spacial score (nSPS) is 10.2. The van der Waals surface area contributed by atoms with Crippen molar-refractivity contribution >= 4 is 12.2 Å². The van der Waals surface area contributed by atoms with Crippen LogP contribution in [0.15, 0.2) is 23.3 Å². The lowest BCUT2D eigenvalue weighted by Crippen LogP contribution is -2.38. The second-order valence-corrected chi connectivity index (χ2v) is 2.64. The van der Waals surface area contributed by atoms with Crippen LogP contribution in [-0.2, 0) is 0 Å². The highest BCUT2D eigenvalue weighted by Crippen LogP contribution is 2.23. The van der Waals surface area contributed by atoms with Gasteiger partial charge in [0.1, 0.15) is 0 Å². The molecule has 1 aromatic rings. The summed E-state index contributed by atoms with van der Waals surface area (Å²) in [4.78, 5) is 0. The predicted octanol–water partition coefficient (Wildman–Crippen LogP) is -0.581. The van der Waals surface area contributed by atoms with Gasteiger partial charge in [-0.05, 0) is 23.8 Å². The smallest absolute Gasteiger partial charge is 0.223 e. The number of hydrazone groups is 1. The van der Waals surface area contributed by atoms with Crippen molar-refractivity contribution in [1.29, 1.82) is 5.41 Å². The molecule has 0 amide bonds. The van der Waals surface area contributed by atoms with Gasteiger partial charge in [-0.3, -0.25) is 10.8 Å². The average Bonchev–Trinajstić information content (AvgIpc) is 2.23. The lowest BCUT2D eigenvalue weighted by molar-refractivity contribution is 0.403. The molecule has 0 saturated heterocycles. The van der Waals surface area contributed by atoms with E-state index in [1.54, 1.807) is 6.07 Å². The molecule has 1 rings (SSSR count). The molecule has 0 spiro atoms. The Morgan fingerprint density at radius 3 is 2.73 bits per heavy atom. The van der Waals surface area contributed by atoms with Crippen molar-refractivity contribution in [3.63, 3.8) is 0 Å². The number of nitrogens with zero attached hydrogens (tertiary/aromatic N) is 1. The quantitative estimate of drug-likeness (QED) is 0.128. The Labute approximate surface area is 85.7 Å². The molecule has 0 aliphatic carbocycles. The number of rotatable bonds is 2. The summed E-state index contributed by atoms with van der Waals surface area (Å²) in [5.41, 5.74) is 4.90. The van der Waals surface area contributed by atoms with Gasteiger partial charge in [-0.2, -0.15) is 5.10 Å². The monoisotopic (exact) mass is 209 g/mol. The first-order valence-electron chi connectivity index (χ1n) is 3.99. The number of hydrazine groups is 1. The summed E-state index contributed by atoms with van der Waals surface area (Å²) in [5, 5.41) is 28.9. The van der Waals surface area contributed by atoms with Crippen LogP contribution in [0.3, 0.4) is 0 Å². The predicted molar refractivity (Wildman–Crippen MR) is 55.6 cm³/mol. The number of aromatic hydroxyl groups is 2. The van der Waals surface area contributed by atoms with E-state index < -0.39 is 0 Å². The summed E-state index contributed by atoms with van der Waals surface area (Å²) in [6.45, 7) is 0. The van der Waals surface area contributed by atoms with E-state index in [2.05, 4.69) is 10.5 Å². The molecule has 0 bridgehead atoms. The van der Waals surface area contributed by atoms with Crippen LogP contribution in [0.2, 0.25) is 0 Å². The molecule has 0 aromatic heterocycles. The molecule has 1 aromatic carbocycles. The number of benzene rings is 1. The van der Waals surface area contributed by atoms with E-state index in [9.17, 15) is 0 Å². The highest BCUT2D eigenvalue weighted by Gasteiger charge is 1.97. The first-order chi connectivity index (χ1) is 7.13. The molecule has 80 valence electrons. The Hall–Kier alpha value is -2.28. The van der Waals surface area contributed by atoms with Gasteiger partial charge in [-0.15, -0.1) is 0 Å². The Bertz CT molecular complexity index is 391. The van der Waals surface area contributed by atoms with Gasteiger partial charge < -0.3 is 10.2 Å². The van der Waals surface area contributed by atoms with Crippen molar-refractivity contribution in [3.05, 3.63) is 23.8 Å². The van der Waals surface area contributed by atoms with Crippen LogP contribution in [0.4, 0.5) is 0 Å². The molecule has 7 nitrogen and oxygen atoms in total. The SMILES string of the molecule is N=C(NN)NN=Cc1ccc(O)c(O)c1. The van der Waals surface area contributed by atoms with Gasteiger partial charge in [-0.25, -0.2) is 11.3 Å². The summed E-state index contributed by atoms with van der Waals surface area (Å²) in [7, 11) is 0. The zero-order valence-corrected chi connectivity index (χ0v) is 7.73. The number of nitrogens with two attached hydrogens (primary N) is 1. The standard InChI is InChI=1S/C8H11N5O2/c9-8(12-10)13-11-4-5-1-2-6(14)7(15)3-5/h1-4,14-15H,10H2,(H3,9,12,13). The third kappa shape index (κ3) is 3.16. The van der Waals surface area contributed by atoms with Crippen LogP contribution in [0.25, 0.3) is 0 Å². The third-order valence-electron chi connectivity index (χ3n) is 1.53. The lowest BCUT2D eigenvalue weighted by atomic mass is 10.2. The molecule has 0 radical (unpaired) electrons. The van der Waals surface area contributed by atoms with E-state index >= 15 is 0 Å². The van der Waals surface area contributed by atoms with Gasteiger partial charge >= 0.3 is 0 Å². The molecular formula is C8H11N5O2. The van der Waals surface area contributed by atoms with Crippen LogP contribution >= 0.6 is 0 Å². The molecule has 0 aliphatic heterocycles. The van der Waals surface area contributed by atoms with Crippen molar-refractivity contribution in [2.75, 3.05) is 0 Å². The van der Waals surface area contributed by atoms with E-state index in [0.29, 0.717) is 5.56 Å². The minimum atomic E-state index is -0.231. The number of phenols is 2. The molecule has 7 N–H and O–H groups in total. The molecule has 7 heteroatoms. The highest BCUT2D eigenvalue weighted by atomic mass is 16.3. The van der Waals surface area contributed by atoms with Crippen LogP contribution in [0.5, 0.6) is 11.5 Å². The number of phenolic OH excluding ortho intramolecular Hbond substituents is 2. The molecule has 0 atom stereocenters. The van der Waals surface area contributed by atoms with Crippen molar-refractivity contribution in [1.82, 2.24) is 10.9 Å². The lowest BCUT2D eigenvalue weighted by Gasteiger charge is -2.00. The summed E-state index contributed by atoms with van der Waals surface area (Å²) < 4.78 is 0. The van der Waals surface area contributed by atoms with E-state index in [-0.39, 0.29) is 17.5 Å². The Morgan fingerprint density at radius 2 is 2.13 bits per heavy atom. The molecule has 0 saturated carbocycles. The summed E-state index contributed by atoms with van der Waals surface area (Å²) in [6.07, 6.45) is 1.37. The first kappa shape index (κ1) is 10.8. The van der Waals surface area contributed by atoms with Crippen LogP contribution in [0, 0.1) is 5.41 Å². The van der Waals surface area contributed by atoms with Crippen molar-refractivity contribution in [2.45, 2.75) is 0 Å². The third-order valence-corrected chi connectivity index (χ3v) is 1.53. The van der Waals surface area contributed by atoms with Gasteiger partial charge in [0.25, 0.3) is 0 Å². The van der Waals surface area contributed by atoms with Crippen molar-refractivity contribution in [2.24, 2.45) is 10.9 Å². The van der Waals surface area contributed by atoms with Crippen LogP contribution in [-0.4, -0.2) is 22.4 Å². The Morgan fingerprint density at radius 1 is 1.40 bits per heavy atom. The van der Waals surface area contributed by atoms with Gasteiger partial charge in [0.2, 0.25) is 5.96 Å². The Balaban J connectivity index is 2.65. The molecule has 0 aliphatic rings. The number of nitrogens with one attached hydrogen (secondary N) is 3. The average molecular weight is 209 g/mol. The van der Waals surface area contributed by atoms with Gasteiger partial charge in [-0.1, -0.05) is 0 Å². The maximum Gasteiger partial charge on any atom is 0.223 e. The van der Waals surface area contributed by atoms with E-state index in [1.807, 2.05) is 5.43 Å². The molecule has 15 heavy (non-hydrogen) atoms. The summed E-state index contributed by atoms with van der Waals surface area (Å²) >= 11 is 0. The molecular weight excluding hydrogens is 198 g/mol. The maximum atomic E-state index is 9.15. The van der Waals surface area contributed by atoms with E-state index in [1.165, 1.54) is 18.3 Å². The largest absolute Gasteiger partial charge is 0.504 e. The highest BCUT2D eigenvalue weighted by molar-refractivity contribution is 5.83. The van der Waals surface area contributed by atoms with Gasteiger partial charge in [0.05, 0.1) is 6.21 Å². The molecule has 0 fully saturated rings. The van der Waals surface area contributed by atoms with Gasteiger partial charge in [0, 0.05) is 0 Å².